The summed E-state index contributed by atoms with van der Waals surface area (Å²) in [5.74, 6) is -2.13. The fraction of sp³-hybridized carbons (Fsp3) is 0.895. The van der Waals surface area contributed by atoms with Crippen molar-refractivity contribution in [1.82, 2.24) is 0 Å². The van der Waals surface area contributed by atoms with Crippen LogP contribution < -0.4 is 0 Å². The molecular formula is C19H34O4. The van der Waals surface area contributed by atoms with E-state index >= 15 is 0 Å². The zero-order valence-corrected chi connectivity index (χ0v) is 15.2. The normalized spacial score (nSPS) is 29.4. The highest BCUT2D eigenvalue weighted by Gasteiger charge is 2.65. The molecule has 0 saturated heterocycles. The molecule has 0 spiro atoms. The van der Waals surface area contributed by atoms with Crippen LogP contribution in [0, 0.1) is 22.7 Å². The van der Waals surface area contributed by atoms with Gasteiger partial charge in [-0.15, -0.1) is 0 Å². The maximum absolute atomic E-state index is 12.4. The number of unbranched alkanes of at least 4 members (excludes halogenated alkanes) is 3. The zero-order chi connectivity index (χ0) is 17.7. The van der Waals surface area contributed by atoms with Gasteiger partial charge in [0.05, 0.1) is 10.8 Å². The lowest BCUT2D eigenvalue weighted by atomic mass is 9.47. The van der Waals surface area contributed by atoms with E-state index < -0.39 is 22.8 Å². The fourth-order valence-corrected chi connectivity index (χ4v) is 4.92. The van der Waals surface area contributed by atoms with Crippen molar-refractivity contribution < 1.29 is 19.8 Å². The molecule has 1 aliphatic rings. The molecule has 1 fully saturated rings. The number of hydrogen-bond donors (Lipinski definition) is 2. The third kappa shape index (κ3) is 3.41. The summed E-state index contributed by atoms with van der Waals surface area (Å²) in [5, 5.41) is 20.2. The van der Waals surface area contributed by atoms with E-state index in [1.807, 2.05) is 20.8 Å². The van der Waals surface area contributed by atoms with Gasteiger partial charge < -0.3 is 10.2 Å². The molecule has 3 unspecified atom stereocenters. The lowest BCUT2D eigenvalue weighted by Crippen LogP contribution is -2.60. The highest BCUT2D eigenvalue weighted by Crippen LogP contribution is 2.60. The minimum atomic E-state index is -1.15. The molecule has 0 aromatic rings. The number of hydrogen-bond acceptors (Lipinski definition) is 2. The number of rotatable bonds is 9. The summed E-state index contributed by atoms with van der Waals surface area (Å²) in [6, 6.07) is 0. The maximum Gasteiger partial charge on any atom is 0.311 e. The Balaban J connectivity index is 3.20. The van der Waals surface area contributed by atoms with Gasteiger partial charge in [0.15, 0.2) is 0 Å². The van der Waals surface area contributed by atoms with E-state index in [0.717, 1.165) is 44.9 Å². The van der Waals surface area contributed by atoms with Crippen LogP contribution in [0.25, 0.3) is 0 Å². The van der Waals surface area contributed by atoms with E-state index in [2.05, 4.69) is 6.92 Å². The van der Waals surface area contributed by atoms with Gasteiger partial charge in [0.1, 0.15) is 0 Å². The molecule has 0 radical (unpaired) electrons. The molecule has 4 nitrogen and oxygen atoms in total. The molecule has 0 aromatic carbocycles. The second kappa shape index (κ2) is 8.16. The lowest BCUT2D eigenvalue weighted by Gasteiger charge is -2.53. The van der Waals surface area contributed by atoms with E-state index in [1.165, 1.54) is 0 Å². The molecule has 0 aliphatic heterocycles. The van der Waals surface area contributed by atoms with Gasteiger partial charge in [-0.25, -0.2) is 0 Å². The SMILES string of the molecule is CCCCCCC(C)C1(C(=O)O)CCCCC1(C(=O)O)C(C)C. The second-order valence-corrected chi connectivity index (χ2v) is 7.67. The van der Waals surface area contributed by atoms with Crippen LogP contribution in [0.4, 0.5) is 0 Å². The van der Waals surface area contributed by atoms with E-state index in [1.54, 1.807) is 0 Å². The van der Waals surface area contributed by atoms with E-state index in [-0.39, 0.29) is 11.8 Å². The van der Waals surface area contributed by atoms with Crippen molar-refractivity contribution in [3.05, 3.63) is 0 Å². The monoisotopic (exact) mass is 326 g/mol. The third-order valence-corrected chi connectivity index (χ3v) is 6.27. The van der Waals surface area contributed by atoms with E-state index in [4.69, 9.17) is 0 Å². The molecular weight excluding hydrogens is 292 g/mol. The quantitative estimate of drug-likeness (QED) is 0.587. The summed E-state index contributed by atoms with van der Waals surface area (Å²) in [5.41, 5.74) is -2.29. The van der Waals surface area contributed by atoms with Crippen LogP contribution in [0.5, 0.6) is 0 Å². The molecule has 0 amide bonds. The van der Waals surface area contributed by atoms with E-state index in [0.29, 0.717) is 12.8 Å². The molecule has 134 valence electrons. The van der Waals surface area contributed by atoms with Gasteiger partial charge in [-0.1, -0.05) is 66.2 Å². The molecule has 2 N–H and O–H groups in total. The molecule has 0 heterocycles. The van der Waals surface area contributed by atoms with Gasteiger partial charge in [0, 0.05) is 0 Å². The molecule has 3 atom stereocenters. The minimum Gasteiger partial charge on any atom is -0.481 e. The first-order chi connectivity index (χ1) is 10.8. The maximum atomic E-state index is 12.4. The van der Waals surface area contributed by atoms with Crippen molar-refractivity contribution in [2.24, 2.45) is 22.7 Å². The van der Waals surface area contributed by atoms with Crippen molar-refractivity contribution in [1.29, 1.82) is 0 Å². The average Bonchev–Trinajstić information content (AvgIpc) is 2.50. The van der Waals surface area contributed by atoms with Gasteiger partial charge in [0.2, 0.25) is 0 Å². The Bertz CT molecular complexity index is 418. The molecule has 4 heteroatoms. The summed E-state index contributed by atoms with van der Waals surface area (Å²) < 4.78 is 0. The first-order valence-corrected chi connectivity index (χ1v) is 9.24. The van der Waals surface area contributed by atoms with Crippen LogP contribution in [-0.4, -0.2) is 22.2 Å². The first-order valence-electron chi connectivity index (χ1n) is 9.24. The summed E-state index contributed by atoms with van der Waals surface area (Å²) in [7, 11) is 0. The van der Waals surface area contributed by atoms with Gasteiger partial charge in [-0.2, -0.15) is 0 Å². The largest absolute Gasteiger partial charge is 0.481 e. The predicted molar refractivity (Wildman–Crippen MR) is 91.4 cm³/mol. The number of carbonyl (C=O) groups is 2. The molecule has 0 aromatic heterocycles. The smallest absolute Gasteiger partial charge is 0.311 e. The van der Waals surface area contributed by atoms with Crippen molar-refractivity contribution in [3.8, 4) is 0 Å². The summed E-state index contributed by atoms with van der Waals surface area (Å²) in [6.45, 7) is 7.87. The Morgan fingerprint density at radius 2 is 1.43 bits per heavy atom. The van der Waals surface area contributed by atoms with Crippen molar-refractivity contribution in [2.75, 3.05) is 0 Å². The molecule has 1 aliphatic carbocycles. The second-order valence-electron chi connectivity index (χ2n) is 7.67. The Hall–Kier alpha value is -1.06. The van der Waals surface area contributed by atoms with Crippen molar-refractivity contribution in [2.45, 2.75) is 85.5 Å². The van der Waals surface area contributed by atoms with Crippen LogP contribution in [0.15, 0.2) is 0 Å². The van der Waals surface area contributed by atoms with Gasteiger partial charge in [-0.3, -0.25) is 9.59 Å². The van der Waals surface area contributed by atoms with Crippen molar-refractivity contribution in [3.63, 3.8) is 0 Å². The molecule has 1 saturated carbocycles. The van der Waals surface area contributed by atoms with Crippen molar-refractivity contribution >= 4 is 11.9 Å². The standard InChI is InChI=1S/C19H34O4/c1-5-6-7-8-11-15(4)19(17(22)23)13-10-9-12-18(19,14(2)3)16(20)21/h14-15H,5-13H2,1-4H3,(H,20,21)(H,22,23). The van der Waals surface area contributed by atoms with Gasteiger partial charge in [0.25, 0.3) is 0 Å². The summed E-state index contributed by atoms with van der Waals surface area (Å²) in [6.07, 6.45) is 7.76. The van der Waals surface area contributed by atoms with E-state index in [9.17, 15) is 19.8 Å². The van der Waals surface area contributed by atoms with Crippen LogP contribution in [-0.2, 0) is 9.59 Å². The lowest BCUT2D eigenvalue weighted by molar-refractivity contribution is -0.194. The van der Waals surface area contributed by atoms with Crippen LogP contribution >= 0.6 is 0 Å². The Morgan fingerprint density at radius 3 is 1.87 bits per heavy atom. The predicted octanol–water partition coefficient (Wildman–Crippen LogP) is 4.96. The zero-order valence-electron chi connectivity index (χ0n) is 15.2. The van der Waals surface area contributed by atoms with Gasteiger partial charge in [-0.05, 0) is 31.1 Å². The number of carboxylic acids is 2. The summed E-state index contributed by atoms with van der Waals surface area (Å²) >= 11 is 0. The van der Waals surface area contributed by atoms with Crippen LogP contribution in [0.1, 0.15) is 85.5 Å². The third-order valence-electron chi connectivity index (χ3n) is 6.27. The van der Waals surface area contributed by atoms with Crippen LogP contribution in [0.3, 0.4) is 0 Å². The Labute approximate surface area is 140 Å². The fourth-order valence-electron chi connectivity index (χ4n) is 4.92. The topological polar surface area (TPSA) is 74.6 Å². The molecule has 1 rings (SSSR count). The highest BCUT2D eigenvalue weighted by molar-refractivity contribution is 5.87. The number of carboxylic acid groups (broad SMARTS) is 2. The molecule has 0 bridgehead atoms. The van der Waals surface area contributed by atoms with Gasteiger partial charge >= 0.3 is 11.9 Å². The van der Waals surface area contributed by atoms with Crippen LogP contribution in [0.2, 0.25) is 0 Å². The molecule has 23 heavy (non-hydrogen) atoms. The minimum absolute atomic E-state index is 0.115. The number of aliphatic carboxylic acids is 2. The first kappa shape index (κ1) is 20.0. The Kier molecular flexibility index (Phi) is 7.09. The average molecular weight is 326 g/mol. The highest BCUT2D eigenvalue weighted by atomic mass is 16.4. The summed E-state index contributed by atoms with van der Waals surface area (Å²) in [4.78, 5) is 24.6. The Morgan fingerprint density at radius 1 is 0.913 bits per heavy atom.